The van der Waals surface area contributed by atoms with Crippen molar-refractivity contribution in [2.24, 2.45) is 61.8 Å². The SMILES string of the molecule is C=C(C)[C@@H]1CC[C@]2(C(=O)O)CC[C@]3(C)[C@H](CC[C@@H]4[C@@]5(C)CC/C(=N\OC(=O)c6ccccc6)C(C)(C)[C@@H]5CC[C@]43C)[C@@H]12. The van der Waals surface area contributed by atoms with E-state index in [1.165, 1.54) is 12.0 Å². The molecule has 0 amide bonds. The summed E-state index contributed by atoms with van der Waals surface area (Å²) >= 11 is 0. The summed E-state index contributed by atoms with van der Waals surface area (Å²) in [6.07, 6.45) is 10.1. The molecule has 0 unspecified atom stereocenters. The van der Waals surface area contributed by atoms with Crippen LogP contribution in [0.5, 0.6) is 0 Å². The van der Waals surface area contributed by atoms with Crippen molar-refractivity contribution in [2.45, 2.75) is 106 Å². The molecule has 42 heavy (non-hydrogen) atoms. The summed E-state index contributed by atoms with van der Waals surface area (Å²) in [5.41, 5.74) is 2.43. The van der Waals surface area contributed by atoms with Crippen LogP contribution >= 0.6 is 0 Å². The maximum absolute atomic E-state index is 12.9. The number of rotatable bonds is 4. The van der Waals surface area contributed by atoms with Crippen molar-refractivity contribution in [1.29, 1.82) is 0 Å². The van der Waals surface area contributed by atoms with E-state index in [2.05, 4.69) is 53.3 Å². The fourth-order valence-electron chi connectivity index (χ4n) is 12.2. The van der Waals surface area contributed by atoms with E-state index in [9.17, 15) is 14.7 Å². The lowest BCUT2D eigenvalue weighted by molar-refractivity contribution is -0.230. The van der Waals surface area contributed by atoms with Crippen LogP contribution in [-0.2, 0) is 9.63 Å². The highest BCUT2D eigenvalue weighted by Crippen LogP contribution is 2.77. The Morgan fingerprint density at radius 3 is 2.26 bits per heavy atom. The molecule has 0 saturated heterocycles. The molecule has 6 rings (SSSR count). The summed E-state index contributed by atoms with van der Waals surface area (Å²) in [4.78, 5) is 31.1. The molecule has 5 heteroatoms. The standard InChI is InChI=1S/C37H51NO4/c1-23(2)25-15-20-37(32(40)41)22-21-35(6)26(30(25)37)13-14-28-34(5)18-17-29(33(3,4)27(34)16-19-36(28,35)7)38-42-31(39)24-11-9-8-10-12-24/h8-12,25-28,30H,1,13-22H2,2-7H3,(H,40,41)/b38-29+/t25-,26+,27-,28+,30+,34-,35+,36+,37-/m0/s1. The van der Waals surface area contributed by atoms with E-state index >= 15 is 0 Å². The maximum Gasteiger partial charge on any atom is 0.365 e. The van der Waals surface area contributed by atoms with E-state index < -0.39 is 17.4 Å². The number of carboxylic acids is 1. The molecule has 5 aliphatic rings. The number of carbonyl (C=O) groups is 2. The van der Waals surface area contributed by atoms with E-state index in [-0.39, 0.29) is 27.6 Å². The zero-order chi connectivity index (χ0) is 30.3. The second-order valence-corrected chi connectivity index (χ2v) is 16.2. The summed E-state index contributed by atoms with van der Waals surface area (Å²) in [6.45, 7) is 18.8. The number of benzene rings is 1. The predicted molar refractivity (Wildman–Crippen MR) is 166 cm³/mol. The third kappa shape index (κ3) is 3.90. The van der Waals surface area contributed by atoms with E-state index in [1.807, 2.05) is 18.2 Å². The maximum atomic E-state index is 12.9. The van der Waals surface area contributed by atoms with Crippen LogP contribution in [0.25, 0.3) is 0 Å². The summed E-state index contributed by atoms with van der Waals surface area (Å²) in [7, 11) is 0. The Kier molecular flexibility index (Phi) is 6.91. The molecule has 5 nitrogen and oxygen atoms in total. The van der Waals surface area contributed by atoms with Crippen molar-refractivity contribution in [3.8, 4) is 0 Å². The molecule has 1 N–H and O–H groups in total. The molecule has 0 spiro atoms. The first-order chi connectivity index (χ1) is 19.7. The average molecular weight is 574 g/mol. The van der Waals surface area contributed by atoms with E-state index in [0.29, 0.717) is 29.2 Å². The van der Waals surface area contributed by atoms with Gasteiger partial charge in [0.1, 0.15) is 0 Å². The number of hydrogen-bond acceptors (Lipinski definition) is 4. The van der Waals surface area contributed by atoms with Gasteiger partial charge in [-0.3, -0.25) is 4.79 Å². The third-order valence-corrected chi connectivity index (χ3v) is 14.5. The quantitative estimate of drug-likeness (QED) is 0.222. The van der Waals surface area contributed by atoms with Gasteiger partial charge in [0.15, 0.2) is 0 Å². The molecule has 9 atom stereocenters. The topological polar surface area (TPSA) is 76.0 Å². The lowest BCUT2D eigenvalue weighted by atomic mass is 9.32. The zero-order valence-electron chi connectivity index (χ0n) is 26.7. The highest BCUT2D eigenvalue weighted by Gasteiger charge is 2.71. The smallest absolute Gasteiger partial charge is 0.365 e. The van der Waals surface area contributed by atoms with Crippen LogP contribution in [-0.4, -0.2) is 22.8 Å². The van der Waals surface area contributed by atoms with E-state index in [0.717, 1.165) is 63.5 Å². The first-order valence-electron chi connectivity index (χ1n) is 16.4. The number of nitrogens with zero attached hydrogens (tertiary/aromatic N) is 1. The summed E-state index contributed by atoms with van der Waals surface area (Å²) in [5.74, 6) is 1.04. The van der Waals surface area contributed by atoms with Gasteiger partial charge in [0.25, 0.3) is 0 Å². The fourth-order valence-corrected chi connectivity index (χ4v) is 12.2. The van der Waals surface area contributed by atoms with Gasteiger partial charge in [-0.1, -0.05) is 70.1 Å². The van der Waals surface area contributed by atoms with Gasteiger partial charge < -0.3 is 9.94 Å². The minimum absolute atomic E-state index is 0.120. The van der Waals surface area contributed by atoms with Gasteiger partial charge in [-0.2, -0.15) is 0 Å². The second-order valence-electron chi connectivity index (χ2n) is 16.2. The van der Waals surface area contributed by atoms with E-state index in [1.54, 1.807) is 12.1 Å². The van der Waals surface area contributed by atoms with Crippen LogP contribution in [0.3, 0.4) is 0 Å². The lowest BCUT2D eigenvalue weighted by Gasteiger charge is -2.72. The zero-order valence-corrected chi connectivity index (χ0v) is 26.7. The highest BCUT2D eigenvalue weighted by molar-refractivity contribution is 5.93. The highest BCUT2D eigenvalue weighted by atomic mass is 16.7. The molecular formula is C37H51NO4. The predicted octanol–water partition coefficient (Wildman–Crippen LogP) is 8.94. The van der Waals surface area contributed by atoms with Gasteiger partial charge in [0, 0.05) is 5.41 Å². The lowest BCUT2D eigenvalue weighted by Crippen LogP contribution is -2.66. The molecule has 5 saturated carbocycles. The molecule has 0 radical (unpaired) electrons. The number of carboxylic acid groups (broad SMARTS) is 1. The van der Waals surface area contributed by atoms with Crippen LogP contribution in [0.1, 0.15) is 116 Å². The van der Waals surface area contributed by atoms with Gasteiger partial charge in [0.2, 0.25) is 0 Å². The first-order valence-corrected chi connectivity index (χ1v) is 16.4. The van der Waals surface area contributed by atoms with Crippen LogP contribution in [0.4, 0.5) is 0 Å². The third-order valence-electron chi connectivity index (χ3n) is 14.5. The van der Waals surface area contributed by atoms with Crippen molar-refractivity contribution >= 4 is 17.7 Å². The summed E-state index contributed by atoms with van der Waals surface area (Å²) in [6, 6.07) is 9.10. The van der Waals surface area contributed by atoms with Crippen molar-refractivity contribution in [3.63, 3.8) is 0 Å². The molecule has 0 aliphatic heterocycles. The van der Waals surface area contributed by atoms with Crippen LogP contribution in [0, 0.1) is 56.7 Å². The van der Waals surface area contributed by atoms with Crippen molar-refractivity contribution < 1.29 is 19.5 Å². The Morgan fingerprint density at radius 2 is 1.60 bits per heavy atom. The molecule has 1 aromatic rings. The minimum Gasteiger partial charge on any atom is -0.481 e. The molecule has 0 bridgehead atoms. The molecule has 1 aromatic carbocycles. The number of fused-ring (bicyclic) bond motifs is 7. The number of hydrogen-bond donors (Lipinski definition) is 1. The Hall–Kier alpha value is -2.43. The second kappa shape index (κ2) is 9.79. The molecule has 5 fully saturated rings. The summed E-state index contributed by atoms with van der Waals surface area (Å²) in [5, 5.41) is 15.1. The normalized spacial score (nSPS) is 44.7. The van der Waals surface area contributed by atoms with Gasteiger partial charge in [-0.25, -0.2) is 4.79 Å². The van der Waals surface area contributed by atoms with Crippen LogP contribution < -0.4 is 0 Å². The Labute approximate surface area is 252 Å². The monoisotopic (exact) mass is 573 g/mol. The largest absolute Gasteiger partial charge is 0.481 e. The molecular weight excluding hydrogens is 522 g/mol. The number of carbonyl (C=O) groups excluding carboxylic acids is 1. The van der Waals surface area contributed by atoms with Crippen LogP contribution in [0.15, 0.2) is 47.6 Å². The van der Waals surface area contributed by atoms with Gasteiger partial charge in [-0.05, 0) is 129 Å². The molecule has 5 aliphatic carbocycles. The van der Waals surface area contributed by atoms with Crippen molar-refractivity contribution in [3.05, 3.63) is 48.0 Å². The number of allylic oxidation sites excluding steroid dienone is 1. The Morgan fingerprint density at radius 1 is 0.881 bits per heavy atom. The van der Waals surface area contributed by atoms with Gasteiger partial charge in [0.05, 0.1) is 16.7 Å². The Bertz CT molecular complexity index is 1320. The van der Waals surface area contributed by atoms with Gasteiger partial charge in [-0.15, -0.1) is 0 Å². The molecule has 228 valence electrons. The number of oxime groups is 1. The van der Waals surface area contributed by atoms with Crippen molar-refractivity contribution in [2.75, 3.05) is 0 Å². The molecule has 0 aromatic heterocycles. The minimum atomic E-state index is -0.576. The first kappa shape index (κ1) is 29.6. The van der Waals surface area contributed by atoms with E-state index in [4.69, 9.17) is 4.84 Å². The molecule has 0 heterocycles. The Balaban J connectivity index is 1.29. The average Bonchev–Trinajstić information content (AvgIpc) is 3.35. The van der Waals surface area contributed by atoms with Gasteiger partial charge >= 0.3 is 11.9 Å². The summed E-state index contributed by atoms with van der Waals surface area (Å²) < 4.78 is 0. The van der Waals surface area contributed by atoms with Crippen LogP contribution in [0.2, 0.25) is 0 Å². The fraction of sp³-hybridized carbons (Fsp3) is 0.703. The number of aliphatic carboxylic acids is 1. The van der Waals surface area contributed by atoms with Crippen molar-refractivity contribution in [1.82, 2.24) is 0 Å².